The molecule has 178 valence electrons. The molecule has 0 aromatic heterocycles. The number of aryl methyl sites for hydroxylation is 1. The Balaban J connectivity index is 1.68. The zero-order valence-electron chi connectivity index (χ0n) is 19.6. The van der Waals surface area contributed by atoms with Crippen LogP contribution in [0.3, 0.4) is 0 Å². The number of ether oxygens (including phenoxy) is 1. The minimum atomic E-state index is -3.54. The molecule has 2 aromatic carbocycles. The van der Waals surface area contributed by atoms with E-state index in [1.807, 2.05) is 49.4 Å². The van der Waals surface area contributed by atoms with Crippen LogP contribution in [0.1, 0.15) is 60.0 Å². The Kier molecular flexibility index (Phi) is 7.39. The van der Waals surface area contributed by atoms with E-state index in [0.717, 1.165) is 43.2 Å². The highest BCUT2D eigenvalue weighted by molar-refractivity contribution is 7.88. The average molecular weight is 471 g/mol. The van der Waals surface area contributed by atoms with Crippen LogP contribution in [-0.4, -0.2) is 55.8 Å². The first-order valence-electron chi connectivity index (χ1n) is 11.9. The van der Waals surface area contributed by atoms with Crippen molar-refractivity contribution in [1.82, 2.24) is 9.21 Å². The molecular formula is C26H34N2O4S. The summed E-state index contributed by atoms with van der Waals surface area (Å²) in [6.07, 6.45) is 4.69. The molecule has 2 aliphatic rings. The predicted molar refractivity (Wildman–Crippen MR) is 130 cm³/mol. The maximum Gasteiger partial charge on any atom is 0.257 e. The lowest BCUT2D eigenvalue weighted by Gasteiger charge is -2.39. The van der Waals surface area contributed by atoms with Crippen molar-refractivity contribution in [3.8, 4) is 5.75 Å². The first-order valence-corrected chi connectivity index (χ1v) is 13.5. The molecule has 6 nitrogen and oxygen atoms in total. The van der Waals surface area contributed by atoms with Crippen molar-refractivity contribution in [3.63, 3.8) is 0 Å². The van der Waals surface area contributed by atoms with Crippen molar-refractivity contribution in [2.75, 3.05) is 20.1 Å². The molecule has 0 unspecified atom stereocenters. The minimum absolute atomic E-state index is 0.00707. The summed E-state index contributed by atoms with van der Waals surface area (Å²) < 4.78 is 35.6. The highest BCUT2D eigenvalue weighted by atomic mass is 32.2. The number of para-hydroxylation sites is 1. The van der Waals surface area contributed by atoms with E-state index in [1.165, 1.54) is 0 Å². The smallest absolute Gasteiger partial charge is 0.257 e. The lowest BCUT2D eigenvalue weighted by atomic mass is 9.92. The molecule has 2 aromatic rings. The van der Waals surface area contributed by atoms with Crippen LogP contribution in [0.25, 0.3) is 0 Å². The third-order valence-electron chi connectivity index (χ3n) is 6.69. The van der Waals surface area contributed by atoms with E-state index in [1.54, 1.807) is 22.3 Å². The number of hydrogen-bond donors (Lipinski definition) is 0. The first-order chi connectivity index (χ1) is 15.8. The number of fused-ring (bicyclic) bond motifs is 2. The number of carbonyl (C=O) groups is 1. The SMILES string of the molecule is Cc1cccc(CS(=O)(=O)N2CCCCN(C)C(=O)c3ccccc3O[C@H]3CCCC[C@H]32)c1. The van der Waals surface area contributed by atoms with Gasteiger partial charge in [0.25, 0.3) is 5.91 Å². The Morgan fingerprint density at radius 2 is 1.73 bits per heavy atom. The monoisotopic (exact) mass is 470 g/mol. The molecule has 1 aliphatic heterocycles. The molecule has 0 radical (unpaired) electrons. The predicted octanol–water partition coefficient (Wildman–Crippen LogP) is 4.38. The summed E-state index contributed by atoms with van der Waals surface area (Å²) in [7, 11) is -1.75. The van der Waals surface area contributed by atoms with Crippen LogP contribution in [0.5, 0.6) is 5.75 Å². The third-order valence-corrected chi connectivity index (χ3v) is 8.56. The van der Waals surface area contributed by atoms with Crippen molar-refractivity contribution >= 4 is 15.9 Å². The van der Waals surface area contributed by atoms with Crippen LogP contribution >= 0.6 is 0 Å². The number of nitrogens with zero attached hydrogens (tertiary/aromatic N) is 2. The molecule has 0 saturated heterocycles. The average Bonchev–Trinajstić information content (AvgIpc) is 2.78. The number of benzene rings is 2. The van der Waals surface area contributed by atoms with Gasteiger partial charge in [-0.1, -0.05) is 48.4 Å². The van der Waals surface area contributed by atoms with Gasteiger partial charge in [0.1, 0.15) is 11.9 Å². The van der Waals surface area contributed by atoms with Crippen molar-refractivity contribution in [1.29, 1.82) is 0 Å². The number of amides is 1. The summed E-state index contributed by atoms with van der Waals surface area (Å²) in [5.74, 6) is 0.484. The summed E-state index contributed by atoms with van der Waals surface area (Å²) in [4.78, 5) is 14.7. The van der Waals surface area contributed by atoms with Crippen LogP contribution in [0, 0.1) is 6.92 Å². The van der Waals surface area contributed by atoms with Crippen molar-refractivity contribution in [2.24, 2.45) is 0 Å². The standard InChI is InChI=1S/C26H34N2O4S/c1-20-10-9-11-21(18-20)19-33(30,31)28-17-8-7-16-27(2)26(29)22-12-3-5-14-24(22)32-25-15-6-4-13-23(25)28/h3,5,9-12,14,18,23,25H,4,6-8,13,15-17,19H2,1-2H3/t23-,25+/m1/s1. The zero-order valence-corrected chi connectivity index (χ0v) is 20.4. The minimum Gasteiger partial charge on any atom is -0.488 e. The first kappa shape index (κ1) is 23.8. The molecule has 1 fully saturated rings. The van der Waals surface area contributed by atoms with Gasteiger partial charge in [-0.2, -0.15) is 4.31 Å². The number of sulfonamides is 1. The lowest BCUT2D eigenvalue weighted by molar-refractivity contribution is 0.0657. The number of rotatable bonds is 3. The van der Waals surface area contributed by atoms with Gasteiger partial charge in [-0.15, -0.1) is 0 Å². The lowest BCUT2D eigenvalue weighted by Crippen LogP contribution is -2.51. The van der Waals surface area contributed by atoms with Crippen LogP contribution in [0.4, 0.5) is 0 Å². The second-order valence-corrected chi connectivity index (χ2v) is 11.2. The van der Waals surface area contributed by atoms with Gasteiger partial charge in [0.05, 0.1) is 17.4 Å². The molecule has 1 saturated carbocycles. The Morgan fingerprint density at radius 1 is 0.970 bits per heavy atom. The quantitative estimate of drug-likeness (QED) is 0.668. The van der Waals surface area contributed by atoms with Gasteiger partial charge in [0.15, 0.2) is 0 Å². The van der Waals surface area contributed by atoms with E-state index in [0.29, 0.717) is 30.8 Å². The second-order valence-electron chi connectivity index (χ2n) is 9.29. The van der Waals surface area contributed by atoms with Crippen LogP contribution in [-0.2, 0) is 15.8 Å². The normalized spacial score (nSPS) is 23.0. The highest BCUT2D eigenvalue weighted by Gasteiger charge is 2.38. The largest absolute Gasteiger partial charge is 0.488 e. The molecule has 0 N–H and O–H groups in total. The molecule has 0 bridgehead atoms. The highest BCUT2D eigenvalue weighted by Crippen LogP contribution is 2.32. The van der Waals surface area contributed by atoms with Gasteiger partial charge in [-0.3, -0.25) is 4.79 Å². The molecule has 1 aliphatic carbocycles. The number of hydrogen-bond acceptors (Lipinski definition) is 4. The fourth-order valence-corrected chi connectivity index (χ4v) is 6.81. The van der Waals surface area contributed by atoms with Gasteiger partial charge < -0.3 is 9.64 Å². The topological polar surface area (TPSA) is 66.9 Å². The van der Waals surface area contributed by atoms with E-state index >= 15 is 0 Å². The molecule has 0 spiro atoms. The Labute approximate surface area is 197 Å². The summed E-state index contributed by atoms with van der Waals surface area (Å²) in [5, 5.41) is 0. The third kappa shape index (κ3) is 5.58. The molecule has 33 heavy (non-hydrogen) atoms. The molecular weight excluding hydrogens is 436 g/mol. The fourth-order valence-electron chi connectivity index (χ4n) is 4.98. The van der Waals surface area contributed by atoms with Gasteiger partial charge in [0, 0.05) is 20.1 Å². The molecule has 2 atom stereocenters. The molecule has 1 amide bonds. The molecule has 7 heteroatoms. The second kappa shape index (κ2) is 10.3. The van der Waals surface area contributed by atoms with Gasteiger partial charge >= 0.3 is 0 Å². The van der Waals surface area contributed by atoms with Crippen LogP contribution < -0.4 is 4.74 Å². The van der Waals surface area contributed by atoms with Crippen LogP contribution in [0.15, 0.2) is 48.5 Å². The van der Waals surface area contributed by atoms with Crippen molar-refractivity contribution < 1.29 is 17.9 Å². The van der Waals surface area contributed by atoms with Crippen LogP contribution in [0.2, 0.25) is 0 Å². The Morgan fingerprint density at radius 3 is 2.55 bits per heavy atom. The molecule has 4 rings (SSSR count). The van der Waals surface area contributed by atoms with Gasteiger partial charge in [-0.25, -0.2) is 8.42 Å². The zero-order chi connectivity index (χ0) is 23.4. The Hall–Kier alpha value is -2.38. The number of carbonyl (C=O) groups excluding carboxylic acids is 1. The summed E-state index contributed by atoms with van der Waals surface area (Å²) in [6.45, 7) is 3.00. The maximum absolute atomic E-state index is 13.7. The summed E-state index contributed by atoms with van der Waals surface area (Å²) in [5.41, 5.74) is 2.41. The van der Waals surface area contributed by atoms with Crippen molar-refractivity contribution in [3.05, 3.63) is 65.2 Å². The van der Waals surface area contributed by atoms with E-state index in [2.05, 4.69) is 0 Å². The summed E-state index contributed by atoms with van der Waals surface area (Å²) >= 11 is 0. The summed E-state index contributed by atoms with van der Waals surface area (Å²) in [6, 6.07) is 14.8. The molecule has 1 heterocycles. The van der Waals surface area contributed by atoms with E-state index in [9.17, 15) is 13.2 Å². The van der Waals surface area contributed by atoms with E-state index < -0.39 is 10.0 Å². The van der Waals surface area contributed by atoms with Crippen molar-refractivity contribution in [2.45, 2.75) is 63.3 Å². The van der Waals surface area contributed by atoms with E-state index in [-0.39, 0.29) is 23.8 Å². The van der Waals surface area contributed by atoms with E-state index in [4.69, 9.17) is 4.74 Å². The maximum atomic E-state index is 13.7. The Bertz CT molecular complexity index is 1090. The fraction of sp³-hybridized carbons (Fsp3) is 0.500. The van der Waals surface area contributed by atoms with Gasteiger partial charge in [0.2, 0.25) is 10.0 Å². The van der Waals surface area contributed by atoms with Gasteiger partial charge in [-0.05, 0) is 56.7 Å².